The summed E-state index contributed by atoms with van der Waals surface area (Å²) in [5.74, 6) is 0.218. The summed E-state index contributed by atoms with van der Waals surface area (Å²) < 4.78 is 22.0. The van der Waals surface area contributed by atoms with E-state index in [2.05, 4.69) is 0 Å². The third kappa shape index (κ3) is 5.16. The molecule has 0 bridgehead atoms. The summed E-state index contributed by atoms with van der Waals surface area (Å²) >= 11 is 0. The molecule has 38 heavy (non-hydrogen) atoms. The van der Waals surface area contributed by atoms with E-state index < -0.39 is 17.7 Å². The normalized spacial score (nSPS) is 16.6. The molecule has 1 unspecified atom stereocenters. The van der Waals surface area contributed by atoms with Crippen LogP contribution in [-0.4, -0.2) is 49.1 Å². The highest BCUT2D eigenvalue weighted by atomic mass is 16.5. The first-order chi connectivity index (χ1) is 18.3. The fourth-order valence-corrected chi connectivity index (χ4v) is 4.55. The highest BCUT2D eigenvalue weighted by Gasteiger charge is 2.46. The summed E-state index contributed by atoms with van der Waals surface area (Å²) in [5, 5.41) is 11.5. The van der Waals surface area contributed by atoms with Gasteiger partial charge in [-0.2, -0.15) is 0 Å². The van der Waals surface area contributed by atoms with Crippen LogP contribution in [0, 0.1) is 0 Å². The summed E-state index contributed by atoms with van der Waals surface area (Å²) in [7, 11) is 4.52. The van der Waals surface area contributed by atoms with Gasteiger partial charge in [0.05, 0.1) is 51.2 Å². The second kappa shape index (κ2) is 11.3. The Morgan fingerprint density at radius 2 is 1.53 bits per heavy atom. The fraction of sp³-hybridized carbons (Fsp3) is 0.267. The van der Waals surface area contributed by atoms with Crippen LogP contribution in [0.1, 0.15) is 36.6 Å². The summed E-state index contributed by atoms with van der Waals surface area (Å²) in [6, 6.07) is 18.4. The van der Waals surface area contributed by atoms with Crippen molar-refractivity contribution in [2.45, 2.75) is 32.5 Å². The third-order valence-corrected chi connectivity index (χ3v) is 6.30. The molecule has 3 aromatic carbocycles. The molecular formula is C30H31NO7. The maximum atomic E-state index is 13.5. The molecule has 1 atom stereocenters. The van der Waals surface area contributed by atoms with Gasteiger partial charge in [-0.3, -0.25) is 9.59 Å². The smallest absolute Gasteiger partial charge is 0.295 e. The van der Waals surface area contributed by atoms with Gasteiger partial charge in [0, 0.05) is 11.6 Å². The molecule has 198 valence electrons. The van der Waals surface area contributed by atoms with E-state index in [1.807, 2.05) is 32.0 Å². The van der Waals surface area contributed by atoms with Gasteiger partial charge in [-0.1, -0.05) is 30.3 Å². The number of nitrogens with zero attached hydrogens (tertiary/aromatic N) is 1. The molecule has 1 heterocycles. The summed E-state index contributed by atoms with van der Waals surface area (Å²) in [6.07, 6.45) is -0.0143. The van der Waals surface area contributed by atoms with Gasteiger partial charge in [0.25, 0.3) is 11.7 Å². The lowest BCUT2D eigenvalue weighted by atomic mass is 9.94. The van der Waals surface area contributed by atoms with E-state index in [9.17, 15) is 14.7 Å². The second-order valence-corrected chi connectivity index (χ2v) is 9.04. The van der Waals surface area contributed by atoms with Gasteiger partial charge in [0.1, 0.15) is 28.8 Å². The number of likely N-dealkylation sites (tertiary alicyclic amines) is 1. The first-order valence-corrected chi connectivity index (χ1v) is 12.2. The number of rotatable bonds is 9. The minimum Gasteiger partial charge on any atom is -0.507 e. The number of ketones is 1. The predicted molar refractivity (Wildman–Crippen MR) is 143 cm³/mol. The average molecular weight is 518 g/mol. The Bertz CT molecular complexity index is 1360. The largest absolute Gasteiger partial charge is 0.507 e. The Morgan fingerprint density at radius 1 is 0.868 bits per heavy atom. The van der Waals surface area contributed by atoms with E-state index >= 15 is 0 Å². The lowest BCUT2D eigenvalue weighted by Crippen LogP contribution is -2.29. The third-order valence-electron chi connectivity index (χ3n) is 6.30. The van der Waals surface area contributed by atoms with Crippen LogP contribution in [0.25, 0.3) is 5.76 Å². The minimum absolute atomic E-state index is 0.0143. The average Bonchev–Trinajstić information content (AvgIpc) is 3.17. The van der Waals surface area contributed by atoms with Gasteiger partial charge in [-0.25, -0.2) is 0 Å². The summed E-state index contributed by atoms with van der Waals surface area (Å²) in [6.45, 7) is 3.96. The molecule has 0 aliphatic carbocycles. The Balaban J connectivity index is 1.87. The van der Waals surface area contributed by atoms with Crippen LogP contribution in [0.15, 0.2) is 72.3 Å². The summed E-state index contributed by atoms with van der Waals surface area (Å²) in [5.41, 5.74) is 1.60. The molecular weight excluding hydrogens is 486 g/mol. The molecule has 3 aromatic rings. The number of amides is 1. The number of aliphatic hydroxyl groups is 1. The molecule has 1 aliphatic heterocycles. The molecule has 1 amide bonds. The molecule has 0 spiro atoms. The number of carbonyl (C=O) groups is 2. The van der Waals surface area contributed by atoms with Crippen molar-refractivity contribution >= 4 is 17.4 Å². The molecule has 8 heteroatoms. The van der Waals surface area contributed by atoms with E-state index in [1.165, 1.54) is 19.1 Å². The number of benzene rings is 3. The van der Waals surface area contributed by atoms with Crippen LogP contribution in [0.5, 0.6) is 23.0 Å². The number of carbonyl (C=O) groups excluding carboxylic acids is 2. The maximum absolute atomic E-state index is 13.5. The molecule has 1 fully saturated rings. The number of hydrogen-bond donors (Lipinski definition) is 1. The number of ether oxygens (including phenoxy) is 4. The van der Waals surface area contributed by atoms with Gasteiger partial charge < -0.3 is 29.0 Å². The maximum Gasteiger partial charge on any atom is 0.295 e. The minimum atomic E-state index is -0.861. The number of hydrogen-bond acceptors (Lipinski definition) is 7. The van der Waals surface area contributed by atoms with E-state index in [0.717, 1.165) is 5.56 Å². The number of Topliss-reactive ketones (excluding diaryl/α,β-unsaturated/α-hetero) is 1. The SMILES string of the molecule is COc1ccc(/C(O)=C2/C(=O)C(=O)N(Cc3ccccc3OC)C2c2ccc(OC(C)C)cc2)c(OC)c1. The van der Waals surface area contributed by atoms with E-state index in [1.54, 1.807) is 55.6 Å². The van der Waals surface area contributed by atoms with Crippen molar-refractivity contribution in [3.05, 3.63) is 89.0 Å². The molecule has 0 aromatic heterocycles. The fourth-order valence-electron chi connectivity index (χ4n) is 4.55. The highest BCUT2D eigenvalue weighted by molar-refractivity contribution is 6.46. The van der Waals surface area contributed by atoms with Gasteiger partial charge in [0.15, 0.2) is 0 Å². The molecule has 0 radical (unpaired) electrons. The molecule has 8 nitrogen and oxygen atoms in total. The van der Waals surface area contributed by atoms with Crippen molar-refractivity contribution < 1.29 is 33.6 Å². The lowest BCUT2D eigenvalue weighted by Gasteiger charge is -2.26. The Hall–Kier alpha value is -4.46. The number of para-hydroxylation sites is 1. The zero-order valence-corrected chi connectivity index (χ0v) is 22.1. The second-order valence-electron chi connectivity index (χ2n) is 9.04. The van der Waals surface area contributed by atoms with Gasteiger partial charge >= 0.3 is 0 Å². The van der Waals surface area contributed by atoms with Crippen molar-refractivity contribution in [3.63, 3.8) is 0 Å². The van der Waals surface area contributed by atoms with E-state index in [0.29, 0.717) is 28.6 Å². The van der Waals surface area contributed by atoms with Crippen molar-refractivity contribution in [2.24, 2.45) is 0 Å². The molecule has 4 rings (SSSR count). The van der Waals surface area contributed by atoms with Crippen molar-refractivity contribution in [1.29, 1.82) is 0 Å². The standard InChI is InChI=1S/C30H31NO7/c1-18(2)38-21-12-10-19(11-13-21)27-26(28(32)23-15-14-22(35-3)16-25(23)37-5)29(33)30(34)31(27)17-20-8-6-7-9-24(20)36-4/h6-16,18,27,32H,17H2,1-5H3/b28-26-. The molecule has 0 saturated carbocycles. The number of aliphatic hydroxyl groups excluding tert-OH is 1. The van der Waals surface area contributed by atoms with Crippen molar-refractivity contribution in [3.8, 4) is 23.0 Å². The zero-order chi connectivity index (χ0) is 27.4. The summed E-state index contributed by atoms with van der Waals surface area (Å²) in [4.78, 5) is 28.3. The van der Waals surface area contributed by atoms with Crippen LogP contribution in [-0.2, 0) is 16.1 Å². The van der Waals surface area contributed by atoms with Crippen LogP contribution < -0.4 is 18.9 Å². The molecule has 1 N–H and O–H groups in total. The predicted octanol–water partition coefficient (Wildman–Crippen LogP) is 5.12. The van der Waals surface area contributed by atoms with Crippen molar-refractivity contribution in [1.82, 2.24) is 4.90 Å². The first-order valence-electron chi connectivity index (χ1n) is 12.2. The van der Waals surface area contributed by atoms with Gasteiger partial charge in [-0.05, 0) is 49.7 Å². The molecule has 1 aliphatic rings. The monoisotopic (exact) mass is 517 g/mol. The van der Waals surface area contributed by atoms with Crippen LogP contribution >= 0.6 is 0 Å². The van der Waals surface area contributed by atoms with E-state index in [4.69, 9.17) is 18.9 Å². The Morgan fingerprint density at radius 3 is 2.16 bits per heavy atom. The van der Waals surface area contributed by atoms with Crippen LogP contribution in [0.3, 0.4) is 0 Å². The Labute approximate surface area is 222 Å². The lowest BCUT2D eigenvalue weighted by molar-refractivity contribution is -0.140. The van der Waals surface area contributed by atoms with Gasteiger partial charge in [-0.15, -0.1) is 0 Å². The van der Waals surface area contributed by atoms with E-state index in [-0.39, 0.29) is 29.5 Å². The Kier molecular flexibility index (Phi) is 7.90. The topological polar surface area (TPSA) is 94.5 Å². The number of methoxy groups -OCH3 is 3. The van der Waals surface area contributed by atoms with Crippen LogP contribution in [0.2, 0.25) is 0 Å². The van der Waals surface area contributed by atoms with Crippen molar-refractivity contribution in [2.75, 3.05) is 21.3 Å². The zero-order valence-electron chi connectivity index (χ0n) is 22.1. The molecule has 1 saturated heterocycles. The highest BCUT2D eigenvalue weighted by Crippen LogP contribution is 2.43. The quantitative estimate of drug-likeness (QED) is 0.239. The van der Waals surface area contributed by atoms with Crippen LogP contribution in [0.4, 0.5) is 0 Å². The van der Waals surface area contributed by atoms with Gasteiger partial charge in [0.2, 0.25) is 0 Å². The first kappa shape index (κ1) is 26.6.